The maximum atomic E-state index is 12.8. The Kier molecular flexibility index (Phi) is 6.24. The fourth-order valence-electron chi connectivity index (χ4n) is 5.00. The number of aliphatic hydroxyl groups excluding tert-OH is 1. The van der Waals surface area contributed by atoms with Crippen molar-refractivity contribution in [3.8, 4) is 11.1 Å². The van der Waals surface area contributed by atoms with Crippen molar-refractivity contribution in [1.29, 1.82) is 0 Å². The minimum absolute atomic E-state index is 0.155. The van der Waals surface area contributed by atoms with Crippen LogP contribution >= 0.6 is 0 Å². The maximum Gasteiger partial charge on any atom is 0.391 e. The van der Waals surface area contributed by atoms with Gasteiger partial charge >= 0.3 is 6.18 Å². The Bertz CT molecular complexity index is 1130. The normalized spacial score (nSPS) is 24.6. The lowest BCUT2D eigenvalue weighted by Crippen LogP contribution is -2.25. The van der Waals surface area contributed by atoms with Crippen molar-refractivity contribution in [2.45, 2.75) is 75.7 Å². The first-order chi connectivity index (χ1) is 16.3. The number of fused-ring (bicyclic) bond motifs is 1. The molecule has 3 aromatic heterocycles. The highest BCUT2D eigenvalue weighted by Crippen LogP contribution is 2.38. The van der Waals surface area contributed by atoms with Gasteiger partial charge in [-0.2, -0.15) is 18.3 Å². The fraction of sp³-hybridized carbons (Fsp3) is 0.609. The van der Waals surface area contributed by atoms with Crippen LogP contribution in [0.5, 0.6) is 0 Å². The molecule has 0 unspecified atom stereocenters. The van der Waals surface area contributed by atoms with Gasteiger partial charge in [0.2, 0.25) is 5.95 Å². The lowest BCUT2D eigenvalue weighted by atomic mass is 9.85. The zero-order chi connectivity index (χ0) is 23.9. The highest BCUT2D eigenvalue weighted by atomic mass is 19.4. The average molecular weight is 479 g/mol. The Balaban J connectivity index is 1.50. The van der Waals surface area contributed by atoms with Gasteiger partial charge < -0.3 is 15.2 Å². The van der Waals surface area contributed by atoms with E-state index in [0.29, 0.717) is 19.4 Å². The van der Waals surface area contributed by atoms with Crippen LogP contribution in [-0.2, 0) is 4.74 Å². The monoisotopic (exact) mass is 478 g/mol. The Morgan fingerprint density at radius 1 is 1.21 bits per heavy atom. The van der Waals surface area contributed by atoms with Gasteiger partial charge in [0.05, 0.1) is 43.1 Å². The van der Waals surface area contributed by atoms with Gasteiger partial charge in [0.25, 0.3) is 0 Å². The zero-order valence-electron chi connectivity index (χ0n) is 19.0. The molecule has 5 rings (SSSR count). The predicted octanol–water partition coefficient (Wildman–Crippen LogP) is 4.33. The molecule has 2 aliphatic rings. The molecule has 34 heavy (non-hydrogen) atoms. The third-order valence-electron chi connectivity index (χ3n) is 6.77. The molecule has 1 saturated heterocycles. The van der Waals surface area contributed by atoms with Gasteiger partial charge in [-0.05, 0) is 45.1 Å². The van der Waals surface area contributed by atoms with Crippen molar-refractivity contribution in [3.63, 3.8) is 0 Å². The molecular formula is C23H29F3N6O2. The first kappa shape index (κ1) is 23.1. The molecule has 184 valence electrons. The van der Waals surface area contributed by atoms with Crippen molar-refractivity contribution in [2.75, 3.05) is 18.5 Å². The summed E-state index contributed by atoms with van der Waals surface area (Å²) in [4.78, 5) is 4.32. The van der Waals surface area contributed by atoms with Crippen molar-refractivity contribution < 1.29 is 23.0 Å². The molecule has 0 amide bonds. The Morgan fingerprint density at radius 2 is 2.00 bits per heavy atom. The highest BCUT2D eigenvalue weighted by Gasteiger charge is 2.31. The largest absolute Gasteiger partial charge is 0.393 e. The Morgan fingerprint density at radius 3 is 2.71 bits per heavy atom. The quantitative estimate of drug-likeness (QED) is 0.548. The number of aromatic nitrogens is 5. The first-order valence-electron chi connectivity index (χ1n) is 11.8. The molecule has 8 nitrogen and oxygen atoms in total. The molecule has 0 radical (unpaired) electrons. The number of halogens is 3. The molecule has 3 aromatic rings. The van der Waals surface area contributed by atoms with Crippen molar-refractivity contribution in [1.82, 2.24) is 24.4 Å². The maximum absolute atomic E-state index is 12.8. The van der Waals surface area contributed by atoms with Gasteiger partial charge in [-0.3, -0.25) is 4.68 Å². The van der Waals surface area contributed by atoms with Crippen LogP contribution in [0, 0.1) is 0 Å². The SMILES string of the molecule is C[C@@H](CC(F)(F)F)Nc1ncc2c(-c3cnn([C@@H]4CCOC4)c3)cc(C3CCC(O)CC3)n2n1. The van der Waals surface area contributed by atoms with Gasteiger partial charge in [0.1, 0.15) is 0 Å². The molecule has 4 heterocycles. The highest BCUT2D eigenvalue weighted by molar-refractivity contribution is 5.81. The van der Waals surface area contributed by atoms with Crippen LogP contribution in [0.4, 0.5) is 19.1 Å². The number of rotatable bonds is 6. The van der Waals surface area contributed by atoms with E-state index in [4.69, 9.17) is 4.74 Å². The van der Waals surface area contributed by atoms with Crippen molar-refractivity contribution >= 4 is 11.5 Å². The first-order valence-corrected chi connectivity index (χ1v) is 11.8. The molecule has 1 aliphatic heterocycles. The lowest BCUT2D eigenvalue weighted by Gasteiger charge is -2.25. The number of anilines is 1. The van der Waals surface area contributed by atoms with E-state index in [2.05, 4.69) is 26.6 Å². The van der Waals surface area contributed by atoms with Gasteiger partial charge in [-0.1, -0.05) is 0 Å². The van der Waals surface area contributed by atoms with Gasteiger partial charge in [0, 0.05) is 41.6 Å². The van der Waals surface area contributed by atoms with E-state index in [1.54, 1.807) is 10.7 Å². The molecular weight excluding hydrogens is 449 g/mol. The molecule has 2 fully saturated rings. The summed E-state index contributed by atoms with van der Waals surface area (Å²) in [5.74, 6) is 0.348. The molecule has 1 aliphatic carbocycles. The third-order valence-corrected chi connectivity index (χ3v) is 6.77. The summed E-state index contributed by atoms with van der Waals surface area (Å²) >= 11 is 0. The van der Waals surface area contributed by atoms with Crippen LogP contribution in [0.25, 0.3) is 16.6 Å². The van der Waals surface area contributed by atoms with Crippen LogP contribution in [0.15, 0.2) is 24.7 Å². The number of hydrogen-bond donors (Lipinski definition) is 2. The minimum Gasteiger partial charge on any atom is -0.393 e. The molecule has 1 saturated carbocycles. The van der Waals surface area contributed by atoms with Crippen LogP contribution < -0.4 is 5.32 Å². The summed E-state index contributed by atoms with van der Waals surface area (Å²) < 4.78 is 47.6. The van der Waals surface area contributed by atoms with E-state index in [0.717, 1.165) is 48.2 Å². The lowest BCUT2D eigenvalue weighted by molar-refractivity contribution is -0.136. The average Bonchev–Trinajstić information content (AvgIpc) is 3.52. The van der Waals surface area contributed by atoms with E-state index >= 15 is 0 Å². The zero-order valence-corrected chi connectivity index (χ0v) is 19.0. The number of alkyl halides is 3. The van der Waals surface area contributed by atoms with Gasteiger partial charge in [-0.25, -0.2) is 9.50 Å². The summed E-state index contributed by atoms with van der Waals surface area (Å²) in [5.41, 5.74) is 3.61. The van der Waals surface area contributed by atoms with Gasteiger partial charge in [-0.15, -0.1) is 5.10 Å². The standard InChI is InChI=1S/C23H29F3N6O2/c1-14(9-23(24,25)26)29-22-27-11-21-19(16-10-28-31(12-16)17-6-7-34-13-17)8-20(32(21)30-22)15-2-4-18(33)5-3-15/h8,10-12,14-15,17-18,33H,2-7,9,13H2,1H3,(H,29,30)/t14-,15?,17+,18?/m0/s1. The summed E-state index contributed by atoms with van der Waals surface area (Å²) in [7, 11) is 0. The van der Waals surface area contributed by atoms with Crippen LogP contribution in [0.1, 0.15) is 63.1 Å². The minimum atomic E-state index is -4.27. The van der Waals surface area contributed by atoms with E-state index in [-0.39, 0.29) is 24.0 Å². The van der Waals surface area contributed by atoms with E-state index in [9.17, 15) is 18.3 Å². The Hall–Kier alpha value is -2.66. The van der Waals surface area contributed by atoms with Crippen molar-refractivity contribution in [3.05, 3.63) is 30.4 Å². The topological polar surface area (TPSA) is 89.5 Å². The molecule has 2 N–H and O–H groups in total. The van der Waals surface area contributed by atoms with Crippen LogP contribution in [0.2, 0.25) is 0 Å². The smallest absolute Gasteiger partial charge is 0.391 e. The second-order valence-corrected chi connectivity index (χ2v) is 9.46. The molecule has 11 heteroatoms. The molecule has 0 bridgehead atoms. The number of aliphatic hydroxyl groups is 1. The number of ether oxygens (including phenoxy) is 1. The summed E-state index contributed by atoms with van der Waals surface area (Å²) in [6.07, 6.45) is 3.94. The summed E-state index contributed by atoms with van der Waals surface area (Å²) in [6, 6.07) is 1.44. The predicted molar refractivity (Wildman–Crippen MR) is 120 cm³/mol. The van der Waals surface area contributed by atoms with Crippen LogP contribution in [0.3, 0.4) is 0 Å². The second-order valence-electron chi connectivity index (χ2n) is 9.46. The Labute approximate surface area is 195 Å². The number of hydrogen-bond acceptors (Lipinski definition) is 6. The van der Waals surface area contributed by atoms with Crippen molar-refractivity contribution in [2.24, 2.45) is 0 Å². The fourth-order valence-corrected chi connectivity index (χ4v) is 5.00. The number of nitrogens with one attached hydrogen (secondary N) is 1. The summed E-state index contributed by atoms with van der Waals surface area (Å²) in [5, 5.41) is 21.9. The number of nitrogens with zero attached hydrogens (tertiary/aromatic N) is 5. The summed E-state index contributed by atoms with van der Waals surface area (Å²) in [6.45, 7) is 2.83. The third kappa shape index (κ3) is 4.90. The van der Waals surface area contributed by atoms with Gasteiger partial charge in [0.15, 0.2) is 0 Å². The van der Waals surface area contributed by atoms with E-state index in [1.165, 1.54) is 6.92 Å². The van der Waals surface area contributed by atoms with Crippen LogP contribution in [-0.4, -0.2) is 61.0 Å². The second kappa shape index (κ2) is 9.18. The molecule has 0 spiro atoms. The van der Waals surface area contributed by atoms with E-state index in [1.807, 2.05) is 17.1 Å². The molecule has 0 aromatic carbocycles. The van der Waals surface area contributed by atoms with E-state index < -0.39 is 18.6 Å². The molecule has 2 atom stereocenters.